The quantitative estimate of drug-likeness (QED) is 0.645. The first-order valence-electron chi connectivity index (χ1n) is 6.54. The van der Waals surface area contributed by atoms with Crippen molar-refractivity contribution in [2.75, 3.05) is 32.9 Å². The highest BCUT2D eigenvalue weighted by molar-refractivity contribution is 5.94. The van der Waals surface area contributed by atoms with Crippen LogP contribution in [-0.2, 0) is 0 Å². The number of carbonyl (C=O) groups excluding carboxylic acids is 1. The Kier molecular flexibility index (Phi) is 7.40. The van der Waals surface area contributed by atoms with E-state index in [0.717, 1.165) is 6.07 Å². The Balaban J connectivity index is 2.93. The largest absolute Gasteiger partial charge is 0.395 e. The second kappa shape index (κ2) is 9.08. The van der Waals surface area contributed by atoms with E-state index in [1.54, 1.807) is 0 Å². The van der Waals surface area contributed by atoms with Gasteiger partial charge in [-0.05, 0) is 18.2 Å². The summed E-state index contributed by atoms with van der Waals surface area (Å²) in [6.07, 6.45) is 0.295. The number of rotatable bonds is 6. The molecule has 1 aromatic rings. The average molecular weight is 295 g/mol. The summed E-state index contributed by atoms with van der Waals surface area (Å²) in [5, 5.41) is 26.4. The molecular weight excluding hydrogens is 277 g/mol. The van der Waals surface area contributed by atoms with E-state index >= 15 is 0 Å². The summed E-state index contributed by atoms with van der Waals surface area (Å²) in [6.45, 7) is -0.548. The smallest absolute Gasteiger partial charge is 0.256 e. The van der Waals surface area contributed by atoms with Gasteiger partial charge < -0.3 is 20.2 Å². The molecule has 1 aromatic carbocycles. The van der Waals surface area contributed by atoms with Crippen molar-refractivity contribution in [2.45, 2.75) is 6.42 Å². The van der Waals surface area contributed by atoms with Crippen LogP contribution in [-0.4, -0.2) is 59.0 Å². The zero-order chi connectivity index (χ0) is 15.7. The molecule has 0 aliphatic carbocycles. The first kappa shape index (κ1) is 17.1. The van der Waals surface area contributed by atoms with Gasteiger partial charge in [-0.15, -0.1) is 0 Å². The molecule has 0 saturated heterocycles. The Bertz CT molecular complexity index is 530. The number of hydrogen-bond acceptors (Lipinski definition) is 4. The maximum Gasteiger partial charge on any atom is 0.256 e. The second-order valence-corrected chi connectivity index (χ2v) is 4.21. The number of aliphatic hydroxyl groups excluding tert-OH is 3. The molecule has 0 radical (unpaired) electrons. The number of aliphatic hydroxyl groups is 3. The van der Waals surface area contributed by atoms with Crippen molar-refractivity contribution < 1.29 is 24.5 Å². The Morgan fingerprint density at radius 3 is 2.33 bits per heavy atom. The van der Waals surface area contributed by atoms with Gasteiger partial charge in [0.25, 0.3) is 5.91 Å². The van der Waals surface area contributed by atoms with Gasteiger partial charge >= 0.3 is 0 Å². The van der Waals surface area contributed by atoms with Gasteiger partial charge in [0.1, 0.15) is 5.82 Å². The van der Waals surface area contributed by atoms with E-state index in [1.807, 2.05) is 0 Å². The predicted molar refractivity (Wildman–Crippen MR) is 75.1 cm³/mol. The fraction of sp³-hybridized carbons (Fsp3) is 0.400. The van der Waals surface area contributed by atoms with Crippen molar-refractivity contribution >= 4 is 5.91 Å². The Morgan fingerprint density at radius 1 is 1.14 bits per heavy atom. The normalized spacial score (nSPS) is 9.90. The fourth-order valence-corrected chi connectivity index (χ4v) is 1.71. The van der Waals surface area contributed by atoms with Crippen LogP contribution in [0.3, 0.4) is 0 Å². The molecule has 0 fully saturated rings. The number of nitrogens with zero attached hydrogens (tertiary/aromatic N) is 1. The molecule has 3 N–H and O–H groups in total. The van der Waals surface area contributed by atoms with Crippen molar-refractivity contribution in [3.05, 3.63) is 35.1 Å². The summed E-state index contributed by atoms with van der Waals surface area (Å²) in [7, 11) is 0. The SMILES string of the molecule is O=C(c1ccc(C#CCCO)cc1F)N(CCO)CCO. The van der Waals surface area contributed by atoms with Gasteiger partial charge in [0.05, 0.1) is 25.4 Å². The highest BCUT2D eigenvalue weighted by atomic mass is 19.1. The van der Waals surface area contributed by atoms with Crippen LogP contribution >= 0.6 is 0 Å². The summed E-state index contributed by atoms with van der Waals surface area (Å²) in [6, 6.07) is 3.98. The van der Waals surface area contributed by atoms with Gasteiger partial charge in [0, 0.05) is 25.1 Å². The molecule has 0 aromatic heterocycles. The van der Waals surface area contributed by atoms with Crippen molar-refractivity contribution in [3.8, 4) is 11.8 Å². The van der Waals surface area contributed by atoms with Crippen LogP contribution in [0.5, 0.6) is 0 Å². The van der Waals surface area contributed by atoms with E-state index in [2.05, 4.69) is 11.8 Å². The zero-order valence-electron chi connectivity index (χ0n) is 11.5. The van der Waals surface area contributed by atoms with Crippen molar-refractivity contribution in [1.29, 1.82) is 0 Å². The first-order valence-corrected chi connectivity index (χ1v) is 6.54. The van der Waals surface area contributed by atoms with Crippen LogP contribution in [0.15, 0.2) is 18.2 Å². The van der Waals surface area contributed by atoms with Gasteiger partial charge in [-0.1, -0.05) is 11.8 Å². The van der Waals surface area contributed by atoms with Crippen molar-refractivity contribution in [3.63, 3.8) is 0 Å². The highest BCUT2D eigenvalue weighted by Crippen LogP contribution is 2.12. The summed E-state index contributed by atoms with van der Waals surface area (Å²) in [5.74, 6) is 4.04. The van der Waals surface area contributed by atoms with Gasteiger partial charge in [-0.25, -0.2) is 4.39 Å². The van der Waals surface area contributed by atoms with E-state index in [-0.39, 0.29) is 38.5 Å². The molecule has 0 heterocycles. The van der Waals surface area contributed by atoms with Crippen LogP contribution < -0.4 is 0 Å². The lowest BCUT2D eigenvalue weighted by Crippen LogP contribution is -2.36. The van der Waals surface area contributed by atoms with E-state index in [0.29, 0.717) is 12.0 Å². The van der Waals surface area contributed by atoms with E-state index in [1.165, 1.54) is 17.0 Å². The molecule has 1 rings (SSSR count). The average Bonchev–Trinajstić information content (AvgIpc) is 2.47. The molecule has 0 aliphatic heterocycles. The fourth-order valence-electron chi connectivity index (χ4n) is 1.71. The lowest BCUT2D eigenvalue weighted by Gasteiger charge is -2.20. The topological polar surface area (TPSA) is 81.0 Å². The Morgan fingerprint density at radius 2 is 1.81 bits per heavy atom. The minimum absolute atomic E-state index is 0.0247. The summed E-state index contributed by atoms with van der Waals surface area (Å²) < 4.78 is 14.0. The Hall–Kier alpha value is -1.94. The first-order chi connectivity index (χ1) is 10.1. The minimum Gasteiger partial charge on any atom is -0.395 e. The zero-order valence-corrected chi connectivity index (χ0v) is 11.5. The van der Waals surface area contributed by atoms with Gasteiger partial charge in [0.15, 0.2) is 0 Å². The molecule has 0 bridgehead atoms. The standard InChI is InChI=1S/C15H18FNO4/c16-14-11-12(3-1-2-8-18)4-5-13(14)15(21)17(6-9-19)7-10-20/h4-5,11,18-20H,2,6-10H2. The van der Waals surface area contributed by atoms with Crippen molar-refractivity contribution in [1.82, 2.24) is 4.90 Å². The summed E-state index contributed by atoms with van der Waals surface area (Å²) >= 11 is 0. The molecule has 0 aliphatic rings. The van der Waals surface area contributed by atoms with E-state index in [9.17, 15) is 9.18 Å². The minimum atomic E-state index is -0.711. The number of benzene rings is 1. The molecule has 21 heavy (non-hydrogen) atoms. The van der Waals surface area contributed by atoms with Crippen LogP contribution in [0.2, 0.25) is 0 Å². The highest BCUT2D eigenvalue weighted by Gasteiger charge is 2.18. The summed E-state index contributed by atoms with van der Waals surface area (Å²) in [5.41, 5.74) is 0.276. The third-order valence-corrected chi connectivity index (χ3v) is 2.70. The Labute approximate surface area is 122 Å². The van der Waals surface area contributed by atoms with Crippen LogP contribution in [0, 0.1) is 17.7 Å². The monoisotopic (exact) mass is 295 g/mol. The lowest BCUT2D eigenvalue weighted by atomic mass is 10.1. The van der Waals surface area contributed by atoms with Crippen LogP contribution in [0.25, 0.3) is 0 Å². The molecule has 0 unspecified atom stereocenters. The van der Waals surface area contributed by atoms with Gasteiger partial charge in [-0.3, -0.25) is 4.79 Å². The molecule has 0 atom stereocenters. The lowest BCUT2D eigenvalue weighted by molar-refractivity contribution is 0.0680. The number of halogens is 1. The van der Waals surface area contributed by atoms with Crippen molar-refractivity contribution in [2.24, 2.45) is 0 Å². The maximum absolute atomic E-state index is 14.0. The van der Waals surface area contributed by atoms with E-state index < -0.39 is 11.7 Å². The molecule has 114 valence electrons. The number of amides is 1. The molecule has 0 saturated carbocycles. The van der Waals surface area contributed by atoms with Gasteiger partial charge in [0.2, 0.25) is 0 Å². The van der Waals surface area contributed by atoms with Crippen LogP contribution in [0.1, 0.15) is 22.3 Å². The molecule has 6 heteroatoms. The molecule has 1 amide bonds. The second-order valence-electron chi connectivity index (χ2n) is 4.21. The maximum atomic E-state index is 14.0. The third kappa shape index (κ3) is 5.16. The van der Waals surface area contributed by atoms with Gasteiger partial charge in [-0.2, -0.15) is 0 Å². The molecule has 0 spiro atoms. The predicted octanol–water partition coefficient (Wildman–Crippen LogP) is -0.0136. The third-order valence-electron chi connectivity index (χ3n) is 2.70. The number of carbonyl (C=O) groups is 1. The van der Waals surface area contributed by atoms with Crippen LogP contribution in [0.4, 0.5) is 4.39 Å². The molecule has 5 nitrogen and oxygen atoms in total. The van der Waals surface area contributed by atoms with E-state index in [4.69, 9.17) is 15.3 Å². The molecular formula is C15H18FNO4. The number of hydrogen-bond donors (Lipinski definition) is 3. The summed E-state index contributed by atoms with van der Waals surface area (Å²) in [4.78, 5) is 13.3.